The first-order valence-electron chi connectivity index (χ1n) is 5.78. The molecule has 1 fully saturated rings. The van der Waals surface area contributed by atoms with Gasteiger partial charge >= 0.3 is 0 Å². The highest BCUT2D eigenvalue weighted by molar-refractivity contribution is 9.10. The first-order valence-corrected chi connectivity index (χ1v) is 7.45. The van der Waals surface area contributed by atoms with Gasteiger partial charge in [0.15, 0.2) is 0 Å². The topological polar surface area (TPSA) is 12.0 Å². The Kier molecular flexibility index (Phi) is 3.07. The molecule has 17 heavy (non-hydrogen) atoms. The molecule has 3 heteroatoms. The Hall–Kier alpha value is -0.640. The van der Waals surface area contributed by atoms with Gasteiger partial charge in [-0.25, -0.2) is 0 Å². The van der Waals surface area contributed by atoms with Gasteiger partial charge in [-0.2, -0.15) is 0 Å². The Morgan fingerprint density at radius 2 is 1.94 bits per heavy atom. The lowest BCUT2D eigenvalue weighted by atomic mass is 9.72. The van der Waals surface area contributed by atoms with E-state index in [0.29, 0.717) is 5.41 Å². The number of hydrogen-bond donors (Lipinski definition) is 1. The van der Waals surface area contributed by atoms with Crippen LogP contribution in [-0.4, -0.2) is 13.1 Å². The Balaban J connectivity index is 1.89. The summed E-state index contributed by atoms with van der Waals surface area (Å²) in [6.45, 7) is 2.18. The molecule has 1 aliphatic rings. The Labute approximate surface area is 114 Å². The lowest BCUT2D eigenvalue weighted by Gasteiger charge is -2.43. The molecule has 0 unspecified atom stereocenters. The van der Waals surface area contributed by atoms with Crippen molar-refractivity contribution in [1.29, 1.82) is 0 Å². The van der Waals surface area contributed by atoms with Gasteiger partial charge in [0.25, 0.3) is 0 Å². The van der Waals surface area contributed by atoms with Crippen molar-refractivity contribution in [3.63, 3.8) is 0 Å². The van der Waals surface area contributed by atoms with Crippen LogP contribution in [0.3, 0.4) is 0 Å². The summed E-state index contributed by atoms with van der Waals surface area (Å²) >= 11 is 5.36. The molecule has 2 aromatic rings. The second-order valence-electron chi connectivity index (χ2n) is 4.65. The Morgan fingerprint density at radius 3 is 2.47 bits per heavy atom. The first kappa shape index (κ1) is 11.5. The second kappa shape index (κ2) is 4.56. The SMILES string of the molecule is Brc1ccc(C2(Cc3cccs3)CNC2)cc1. The van der Waals surface area contributed by atoms with Gasteiger partial charge in [-0.1, -0.05) is 34.1 Å². The minimum atomic E-state index is 0.311. The molecule has 0 aliphatic carbocycles. The fourth-order valence-electron chi connectivity index (χ4n) is 2.41. The van der Waals surface area contributed by atoms with Crippen LogP contribution in [0, 0.1) is 0 Å². The van der Waals surface area contributed by atoms with Gasteiger partial charge in [0, 0.05) is 27.9 Å². The molecule has 1 nitrogen and oxygen atoms in total. The van der Waals surface area contributed by atoms with Crippen molar-refractivity contribution in [3.05, 3.63) is 56.7 Å². The molecule has 3 rings (SSSR count). The zero-order valence-corrected chi connectivity index (χ0v) is 11.9. The Morgan fingerprint density at radius 1 is 1.18 bits per heavy atom. The minimum Gasteiger partial charge on any atom is -0.315 e. The molecule has 0 amide bonds. The van der Waals surface area contributed by atoms with Gasteiger partial charge in [0.1, 0.15) is 0 Å². The predicted molar refractivity (Wildman–Crippen MR) is 76.7 cm³/mol. The summed E-state index contributed by atoms with van der Waals surface area (Å²) in [5.41, 5.74) is 1.76. The highest BCUT2D eigenvalue weighted by Crippen LogP contribution is 2.34. The van der Waals surface area contributed by atoms with Crippen LogP contribution in [0.25, 0.3) is 0 Å². The summed E-state index contributed by atoms with van der Waals surface area (Å²) in [5, 5.41) is 5.58. The van der Waals surface area contributed by atoms with Crippen LogP contribution in [0.15, 0.2) is 46.3 Å². The number of hydrogen-bond acceptors (Lipinski definition) is 2. The van der Waals surface area contributed by atoms with Crippen molar-refractivity contribution in [2.75, 3.05) is 13.1 Å². The monoisotopic (exact) mass is 307 g/mol. The highest BCUT2D eigenvalue weighted by Gasteiger charge is 2.38. The summed E-state index contributed by atoms with van der Waals surface area (Å²) in [7, 11) is 0. The third kappa shape index (κ3) is 2.19. The molecule has 0 atom stereocenters. The minimum absolute atomic E-state index is 0.311. The van der Waals surface area contributed by atoms with E-state index in [1.807, 2.05) is 11.3 Å². The quantitative estimate of drug-likeness (QED) is 0.913. The predicted octanol–water partition coefficient (Wildman–Crippen LogP) is 3.59. The third-order valence-electron chi connectivity index (χ3n) is 3.48. The molecule has 0 bridgehead atoms. The van der Waals surface area contributed by atoms with E-state index < -0.39 is 0 Å². The summed E-state index contributed by atoms with van der Waals surface area (Å²) in [4.78, 5) is 1.48. The summed E-state index contributed by atoms with van der Waals surface area (Å²) in [5.74, 6) is 0. The number of rotatable bonds is 3. The fourth-order valence-corrected chi connectivity index (χ4v) is 3.52. The maximum absolute atomic E-state index is 3.50. The van der Waals surface area contributed by atoms with E-state index in [0.717, 1.165) is 24.0 Å². The number of halogens is 1. The van der Waals surface area contributed by atoms with E-state index in [-0.39, 0.29) is 0 Å². The van der Waals surface area contributed by atoms with E-state index in [2.05, 4.69) is 63.0 Å². The van der Waals surface area contributed by atoms with E-state index in [9.17, 15) is 0 Å². The van der Waals surface area contributed by atoms with Crippen LogP contribution in [0.2, 0.25) is 0 Å². The lowest BCUT2D eigenvalue weighted by molar-refractivity contribution is 0.276. The molecular weight excluding hydrogens is 294 g/mol. The molecular formula is C14H14BrNS. The zero-order chi connectivity index (χ0) is 11.7. The molecule has 2 heterocycles. The number of nitrogens with one attached hydrogen (secondary N) is 1. The molecule has 1 aromatic heterocycles. The highest BCUT2D eigenvalue weighted by atomic mass is 79.9. The van der Waals surface area contributed by atoms with Crippen molar-refractivity contribution < 1.29 is 0 Å². The van der Waals surface area contributed by atoms with E-state index in [1.54, 1.807) is 0 Å². The molecule has 0 radical (unpaired) electrons. The van der Waals surface area contributed by atoms with Crippen molar-refractivity contribution >= 4 is 27.3 Å². The first-order chi connectivity index (χ1) is 8.28. The average Bonchev–Trinajstić information content (AvgIpc) is 2.77. The smallest absolute Gasteiger partial charge is 0.0250 e. The fraction of sp³-hybridized carbons (Fsp3) is 0.286. The van der Waals surface area contributed by atoms with Gasteiger partial charge in [-0.3, -0.25) is 0 Å². The molecule has 1 N–H and O–H groups in total. The molecule has 1 aliphatic heterocycles. The molecule has 1 saturated heterocycles. The summed E-state index contributed by atoms with van der Waals surface area (Å²) < 4.78 is 1.15. The van der Waals surface area contributed by atoms with Crippen LogP contribution in [0.4, 0.5) is 0 Å². The van der Waals surface area contributed by atoms with Crippen molar-refractivity contribution in [2.45, 2.75) is 11.8 Å². The molecule has 0 saturated carbocycles. The van der Waals surface area contributed by atoms with E-state index in [4.69, 9.17) is 0 Å². The van der Waals surface area contributed by atoms with E-state index >= 15 is 0 Å². The molecule has 88 valence electrons. The van der Waals surface area contributed by atoms with Crippen molar-refractivity contribution in [1.82, 2.24) is 5.32 Å². The molecule has 1 aromatic carbocycles. The van der Waals surface area contributed by atoms with Crippen LogP contribution >= 0.6 is 27.3 Å². The number of benzene rings is 1. The van der Waals surface area contributed by atoms with Crippen molar-refractivity contribution in [3.8, 4) is 0 Å². The van der Waals surface area contributed by atoms with Gasteiger partial charge < -0.3 is 5.32 Å². The van der Waals surface area contributed by atoms with Crippen LogP contribution in [0.5, 0.6) is 0 Å². The van der Waals surface area contributed by atoms with Crippen LogP contribution in [0.1, 0.15) is 10.4 Å². The van der Waals surface area contributed by atoms with Gasteiger partial charge in [-0.15, -0.1) is 11.3 Å². The average molecular weight is 308 g/mol. The zero-order valence-electron chi connectivity index (χ0n) is 9.45. The summed E-state index contributed by atoms with van der Waals surface area (Å²) in [6, 6.07) is 13.2. The van der Waals surface area contributed by atoms with Crippen LogP contribution < -0.4 is 5.32 Å². The second-order valence-corrected chi connectivity index (χ2v) is 6.59. The maximum atomic E-state index is 3.50. The third-order valence-corrected chi connectivity index (χ3v) is 4.88. The van der Waals surface area contributed by atoms with Gasteiger partial charge in [0.2, 0.25) is 0 Å². The van der Waals surface area contributed by atoms with Crippen molar-refractivity contribution in [2.24, 2.45) is 0 Å². The van der Waals surface area contributed by atoms with Crippen LogP contribution in [-0.2, 0) is 11.8 Å². The summed E-state index contributed by atoms with van der Waals surface area (Å²) in [6.07, 6.45) is 1.15. The van der Waals surface area contributed by atoms with E-state index in [1.165, 1.54) is 10.4 Å². The molecule has 0 spiro atoms. The lowest BCUT2D eigenvalue weighted by Crippen LogP contribution is -2.58. The Bertz CT molecular complexity index is 485. The van der Waals surface area contributed by atoms with Gasteiger partial charge in [-0.05, 0) is 35.6 Å². The standard InChI is InChI=1S/C14H14BrNS/c15-12-5-3-11(4-6-12)14(9-16-10-14)8-13-2-1-7-17-13/h1-7,16H,8-10H2. The maximum Gasteiger partial charge on any atom is 0.0250 e. The number of thiophene rings is 1. The largest absolute Gasteiger partial charge is 0.315 e. The normalized spacial score (nSPS) is 17.7. The van der Waals surface area contributed by atoms with Gasteiger partial charge in [0.05, 0.1) is 0 Å².